The van der Waals surface area contributed by atoms with E-state index in [4.69, 9.17) is 4.74 Å². The molecule has 8 nitrogen and oxygen atoms in total. The summed E-state index contributed by atoms with van der Waals surface area (Å²) in [6.07, 6.45) is 11.0. The standard InChI is InChI=1S/C28H43N3O5/c1-5-16-29(4)24(33)21-22-25(34)31(18-10-11-19-32)23(28(22)15-14-27(21,3)36-28)26(35)30(17-6-2)20-12-8-7-9-13-20/h5-6,20-23,32H,1-2,7-19H2,3-4H3/t21-,22-,23?,27+,28?/m0/s1. The summed E-state index contributed by atoms with van der Waals surface area (Å²) in [6.45, 7) is 10.8. The average Bonchev–Trinajstić information content (AvgIpc) is 3.43. The van der Waals surface area contributed by atoms with Gasteiger partial charge in [-0.15, -0.1) is 13.2 Å². The van der Waals surface area contributed by atoms with Gasteiger partial charge in [0.05, 0.1) is 17.4 Å². The third-order valence-corrected chi connectivity index (χ3v) is 8.99. The van der Waals surface area contributed by atoms with E-state index < -0.39 is 29.1 Å². The van der Waals surface area contributed by atoms with Gasteiger partial charge in [-0.2, -0.15) is 0 Å². The van der Waals surface area contributed by atoms with Crippen LogP contribution in [-0.2, 0) is 19.1 Å². The van der Waals surface area contributed by atoms with Gasteiger partial charge in [-0.25, -0.2) is 0 Å². The van der Waals surface area contributed by atoms with Crippen LogP contribution in [0, 0.1) is 11.8 Å². The highest BCUT2D eigenvalue weighted by Crippen LogP contribution is 2.63. The number of aliphatic hydroxyl groups excluding tert-OH is 1. The molecule has 8 heteroatoms. The highest BCUT2D eigenvalue weighted by Gasteiger charge is 2.78. The van der Waals surface area contributed by atoms with Crippen molar-refractivity contribution < 1.29 is 24.2 Å². The highest BCUT2D eigenvalue weighted by atomic mass is 16.5. The molecule has 1 spiro atoms. The van der Waals surface area contributed by atoms with E-state index in [-0.39, 0.29) is 30.4 Å². The van der Waals surface area contributed by atoms with Crippen molar-refractivity contribution in [3.05, 3.63) is 25.3 Å². The molecule has 4 aliphatic rings. The number of hydrogen-bond acceptors (Lipinski definition) is 5. The molecule has 3 amide bonds. The molecule has 0 aromatic carbocycles. The molecule has 1 N–H and O–H groups in total. The van der Waals surface area contributed by atoms with Crippen LogP contribution in [0.1, 0.15) is 64.7 Å². The Hall–Kier alpha value is -2.19. The SMILES string of the molecule is C=CCN(C)C(=O)[C@@H]1[C@H]2C(=O)N(CCCCO)C(C(=O)N(CC=C)C3CCCCC3)C23CC[C@@]1(C)O3. The van der Waals surface area contributed by atoms with Gasteiger partial charge in [0.1, 0.15) is 11.6 Å². The second kappa shape index (κ2) is 10.7. The number of aliphatic hydroxyl groups is 1. The van der Waals surface area contributed by atoms with Crippen molar-refractivity contribution in [2.75, 3.05) is 33.3 Å². The van der Waals surface area contributed by atoms with Gasteiger partial charge in [0.2, 0.25) is 17.7 Å². The van der Waals surface area contributed by atoms with Crippen LogP contribution in [0.2, 0.25) is 0 Å². The first-order chi connectivity index (χ1) is 17.3. The van der Waals surface area contributed by atoms with Crippen LogP contribution < -0.4 is 0 Å². The van der Waals surface area contributed by atoms with Crippen molar-refractivity contribution in [3.63, 3.8) is 0 Å². The van der Waals surface area contributed by atoms with Crippen LogP contribution in [0.15, 0.2) is 25.3 Å². The normalized spacial score (nSPS) is 33.5. The number of likely N-dealkylation sites (N-methyl/N-ethyl adjacent to an activating group) is 1. The Kier molecular flexibility index (Phi) is 7.95. The molecule has 5 atom stereocenters. The minimum absolute atomic E-state index is 0.0297. The molecular weight excluding hydrogens is 458 g/mol. The Balaban J connectivity index is 1.73. The second-order valence-corrected chi connectivity index (χ2v) is 11.3. The third-order valence-electron chi connectivity index (χ3n) is 8.99. The fourth-order valence-corrected chi connectivity index (χ4v) is 7.34. The largest absolute Gasteiger partial charge is 0.396 e. The zero-order chi connectivity index (χ0) is 26.1. The summed E-state index contributed by atoms with van der Waals surface area (Å²) in [4.78, 5) is 47.3. The highest BCUT2D eigenvalue weighted by molar-refractivity contribution is 5.99. The van der Waals surface area contributed by atoms with Crippen molar-refractivity contribution in [2.24, 2.45) is 11.8 Å². The quantitative estimate of drug-likeness (QED) is 0.347. The minimum atomic E-state index is -1.01. The van der Waals surface area contributed by atoms with E-state index in [1.165, 1.54) is 6.42 Å². The minimum Gasteiger partial charge on any atom is -0.396 e. The molecule has 1 aliphatic carbocycles. The smallest absolute Gasteiger partial charge is 0.248 e. The number of fused-ring (bicyclic) bond motifs is 1. The zero-order valence-electron chi connectivity index (χ0n) is 22.0. The van der Waals surface area contributed by atoms with Crippen LogP contribution in [0.3, 0.4) is 0 Å². The maximum atomic E-state index is 14.4. The number of amides is 3. The Morgan fingerprint density at radius 1 is 1.11 bits per heavy atom. The van der Waals surface area contributed by atoms with Gasteiger partial charge < -0.3 is 24.5 Å². The van der Waals surface area contributed by atoms with Gasteiger partial charge in [-0.3, -0.25) is 14.4 Å². The first-order valence-corrected chi connectivity index (χ1v) is 13.6. The number of rotatable bonds is 11. The molecule has 1 saturated carbocycles. The van der Waals surface area contributed by atoms with Crippen molar-refractivity contribution in [3.8, 4) is 0 Å². The molecule has 36 heavy (non-hydrogen) atoms. The maximum Gasteiger partial charge on any atom is 0.248 e. The Labute approximate surface area is 215 Å². The molecule has 2 bridgehead atoms. The van der Waals surface area contributed by atoms with Crippen LogP contribution in [-0.4, -0.2) is 94.1 Å². The molecule has 200 valence electrons. The number of carbonyl (C=O) groups excluding carboxylic acids is 3. The van der Waals surface area contributed by atoms with Gasteiger partial charge in [0.25, 0.3) is 0 Å². The van der Waals surface area contributed by atoms with Gasteiger partial charge in [0, 0.05) is 39.3 Å². The molecule has 4 fully saturated rings. The third kappa shape index (κ3) is 4.30. The number of unbranched alkanes of at least 4 members (excludes halogenated alkanes) is 1. The van der Waals surface area contributed by atoms with E-state index in [9.17, 15) is 19.5 Å². The van der Waals surface area contributed by atoms with Crippen LogP contribution >= 0.6 is 0 Å². The molecule has 2 unspecified atom stereocenters. The summed E-state index contributed by atoms with van der Waals surface area (Å²) in [6, 6.07) is -0.639. The molecule has 3 aliphatic heterocycles. The summed E-state index contributed by atoms with van der Waals surface area (Å²) in [5, 5.41) is 9.36. The van der Waals surface area contributed by atoms with Crippen molar-refractivity contribution in [1.82, 2.24) is 14.7 Å². The summed E-state index contributed by atoms with van der Waals surface area (Å²) in [5.74, 6) is -1.70. The first-order valence-electron chi connectivity index (χ1n) is 13.6. The van der Waals surface area contributed by atoms with Gasteiger partial charge in [-0.05, 0) is 45.4 Å². The maximum absolute atomic E-state index is 14.4. The van der Waals surface area contributed by atoms with Crippen LogP contribution in [0.25, 0.3) is 0 Å². The molecule has 0 aromatic rings. The van der Waals surface area contributed by atoms with E-state index in [1.54, 1.807) is 29.0 Å². The molecule has 4 rings (SSSR count). The average molecular weight is 502 g/mol. The summed E-state index contributed by atoms with van der Waals surface area (Å²) in [5.41, 5.74) is -1.79. The fraction of sp³-hybridized carbons (Fsp3) is 0.750. The Morgan fingerprint density at radius 3 is 2.44 bits per heavy atom. The lowest BCUT2D eigenvalue weighted by Gasteiger charge is -2.40. The second-order valence-electron chi connectivity index (χ2n) is 11.3. The van der Waals surface area contributed by atoms with Gasteiger partial charge in [-0.1, -0.05) is 31.4 Å². The van der Waals surface area contributed by atoms with E-state index in [0.717, 1.165) is 25.7 Å². The Bertz CT molecular complexity index is 886. The predicted molar refractivity (Wildman–Crippen MR) is 137 cm³/mol. The number of nitrogens with zero attached hydrogens (tertiary/aromatic N) is 3. The van der Waals surface area contributed by atoms with Crippen molar-refractivity contribution in [2.45, 2.75) is 88.0 Å². The molecule has 3 saturated heterocycles. The van der Waals surface area contributed by atoms with Gasteiger partial charge >= 0.3 is 0 Å². The molecular formula is C28H43N3O5. The Morgan fingerprint density at radius 2 is 1.81 bits per heavy atom. The lowest BCUT2D eigenvalue weighted by atomic mass is 9.66. The van der Waals surface area contributed by atoms with E-state index in [2.05, 4.69) is 13.2 Å². The number of hydrogen-bond donors (Lipinski definition) is 1. The topological polar surface area (TPSA) is 90.4 Å². The summed E-state index contributed by atoms with van der Waals surface area (Å²) in [7, 11) is 1.72. The fourth-order valence-electron chi connectivity index (χ4n) is 7.34. The summed E-state index contributed by atoms with van der Waals surface area (Å²) < 4.78 is 6.73. The summed E-state index contributed by atoms with van der Waals surface area (Å²) >= 11 is 0. The molecule has 0 radical (unpaired) electrons. The van der Waals surface area contributed by atoms with E-state index in [1.807, 2.05) is 11.8 Å². The number of likely N-dealkylation sites (tertiary alicyclic amines) is 1. The molecule has 3 heterocycles. The van der Waals surface area contributed by atoms with Gasteiger partial charge in [0.15, 0.2) is 0 Å². The van der Waals surface area contributed by atoms with Crippen molar-refractivity contribution >= 4 is 17.7 Å². The van der Waals surface area contributed by atoms with Crippen LogP contribution in [0.4, 0.5) is 0 Å². The number of carbonyl (C=O) groups is 3. The molecule has 0 aromatic heterocycles. The van der Waals surface area contributed by atoms with E-state index in [0.29, 0.717) is 45.3 Å². The van der Waals surface area contributed by atoms with E-state index >= 15 is 0 Å². The van der Waals surface area contributed by atoms with Crippen LogP contribution in [0.5, 0.6) is 0 Å². The lowest BCUT2D eigenvalue weighted by Crippen LogP contribution is -2.58. The van der Waals surface area contributed by atoms with Crippen molar-refractivity contribution in [1.29, 1.82) is 0 Å². The first kappa shape index (κ1) is 26.9. The lowest BCUT2D eigenvalue weighted by molar-refractivity contribution is -0.154. The predicted octanol–water partition coefficient (Wildman–Crippen LogP) is 2.52. The zero-order valence-corrected chi connectivity index (χ0v) is 22.0. The number of ether oxygens (including phenoxy) is 1. The monoisotopic (exact) mass is 501 g/mol.